The van der Waals surface area contributed by atoms with Crippen molar-refractivity contribution < 1.29 is 19.0 Å². The van der Waals surface area contributed by atoms with E-state index in [9.17, 15) is 19.0 Å². The monoisotopic (exact) mass is 287 g/mol. The van der Waals surface area contributed by atoms with Crippen LogP contribution in [0.3, 0.4) is 0 Å². The highest BCUT2D eigenvalue weighted by Gasteiger charge is 2.18. The van der Waals surface area contributed by atoms with Crippen molar-refractivity contribution in [1.29, 1.82) is 0 Å². The van der Waals surface area contributed by atoms with Gasteiger partial charge in [0.05, 0.1) is 11.7 Å². The normalized spacial score (nSPS) is 13.8. The molecule has 0 spiro atoms. The van der Waals surface area contributed by atoms with E-state index < -0.39 is 23.3 Å². The van der Waals surface area contributed by atoms with Crippen LogP contribution >= 0.6 is 0 Å². The predicted molar refractivity (Wildman–Crippen MR) is 74.3 cm³/mol. The minimum atomic E-state index is -0.920. The molecule has 1 rings (SSSR count). The average Bonchev–Trinajstić information content (AvgIpc) is 2.31. The maximum Gasteiger partial charge on any atom is 0.126 e. The van der Waals surface area contributed by atoms with Gasteiger partial charge in [-0.2, -0.15) is 0 Å². The van der Waals surface area contributed by atoms with E-state index in [-0.39, 0.29) is 5.56 Å². The third-order valence-corrected chi connectivity index (χ3v) is 3.05. The molecule has 0 aliphatic rings. The van der Waals surface area contributed by atoms with Crippen LogP contribution < -0.4 is 0 Å². The van der Waals surface area contributed by atoms with E-state index in [1.54, 1.807) is 13.8 Å². The van der Waals surface area contributed by atoms with Gasteiger partial charge in [0.1, 0.15) is 11.6 Å². The fraction of sp³-hybridized carbons (Fsp3) is 0.600. The number of nitrogens with zero attached hydrogens (tertiary/aromatic N) is 1. The topological polar surface area (TPSA) is 43.7 Å². The van der Waals surface area contributed by atoms with E-state index in [0.29, 0.717) is 19.5 Å². The highest BCUT2D eigenvalue weighted by Crippen LogP contribution is 2.20. The SMILES string of the molecule is CCN(CCC(O)c1cc(F)cc(F)c1)CC(C)(C)O. The predicted octanol–water partition coefficient (Wildman–Crippen LogP) is 2.48. The number of aliphatic hydroxyl groups is 2. The third-order valence-electron chi connectivity index (χ3n) is 3.05. The lowest BCUT2D eigenvalue weighted by atomic mass is 10.0. The molecule has 1 unspecified atom stereocenters. The second kappa shape index (κ2) is 7.11. The molecule has 0 fully saturated rings. The van der Waals surface area contributed by atoms with E-state index >= 15 is 0 Å². The summed E-state index contributed by atoms with van der Waals surface area (Å²) in [5.41, 5.74) is -0.576. The molecule has 0 amide bonds. The number of hydrogen-bond acceptors (Lipinski definition) is 3. The first-order valence-electron chi connectivity index (χ1n) is 6.80. The Bertz CT molecular complexity index is 412. The Labute approximate surface area is 118 Å². The van der Waals surface area contributed by atoms with Crippen LogP contribution in [0.15, 0.2) is 18.2 Å². The Morgan fingerprint density at radius 2 is 1.75 bits per heavy atom. The summed E-state index contributed by atoms with van der Waals surface area (Å²) in [7, 11) is 0. The molecular weight excluding hydrogens is 264 g/mol. The minimum Gasteiger partial charge on any atom is -0.389 e. The fourth-order valence-electron chi connectivity index (χ4n) is 2.14. The summed E-state index contributed by atoms with van der Waals surface area (Å²) in [6.45, 7) is 7.14. The quantitative estimate of drug-likeness (QED) is 0.810. The van der Waals surface area contributed by atoms with Crippen molar-refractivity contribution >= 4 is 0 Å². The summed E-state index contributed by atoms with van der Waals surface area (Å²) >= 11 is 0. The number of likely N-dealkylation sites (N-methyl/N-ethyl adjacent to an activating group) is 1. The van der Waals surface area contributed by atoms with Crippen molar-refractivity contribution in [2.24, 2.45) is 0 Å². The van der Waals surface area contributed by atoms with Crippen LogP contribution in [0.1, 0.15) is 38.9 Å². The molecule has 0 saturated carbocycles. The van der Waals surface area contributed by atoms with Gasteiger partial charge < -0.3 is 15.1 Å². The zero-order valence-electron chi connectivity index (χ0n) is 12.2. The maximum absolute atomic E-state index is 13.1. The molecule has 0 saturated heterocycles. The molecule has 114 valence electrons. The third kappa shape index (κ3) is 5.94. The number of aliphatic hydroxyl groups excluding tert-OH is 1. The Morgan fingerprint density at radius 1 is 1.20 bits per heavy atom. The Morgan fingerprint density at radius 3 is 2.20 bits per heavy atom. The van der Waals surface area contributed by atoms with Crippen molar-refractivity contribution in [2.45, 2.75) is 38.9 Å². The second-order valence-corrected chi connectivity index (χ2v) is 5.69. The van der Waals surface area contributed by atoms with Crippen LogP contribution in [-0.2, 0) is 0 Å². The highest BCUT2D eigenvalue weighted by molar-refractivity contribution is 5.20. The van der Waals surface area contributed by atoms with E-state index in [2.05, 4.69) is 0 Å². The highest BCUT2D eigenvalue weighted by atomic mass is 19.1. The van der Waals surface area contributed by atoms with Gasteiger partial charge in [-0.25, -0.2) is 8.78 Å². The molecule has 5 heteroatoms. The largest absolute Gasteiger partial charge is 0.389 e. The summed E-state index contributed by atoms with van der Waals surface area (Å²) in [6.07, 6.45) is -0.566. The molecule has 1 aromatic carbocycles. The summed E-state index contributed by atoms with van der Waals surface area (Å²) in [6, 6.07) is 3.06. The van der Waals surface area contributed by atoms with Gasteiger partial charge in [-0.05, 0) is 44.5 Å². The van der Waals surface area contributed by atoms with Crippen molar-refractivity contribution in [2.75, 3.05) is 19.6 Å². The smallest absolute Gasteiger partial charge is 0.126 e. The second-order valence-electron chi connectivity index (χ2n) is 5.69. The van der Waals surface area contributed by atoms with E-state index in [1.807, 2.05) is 11.8 Å². The summed E-state index contributed by atoms with van der Waals surface area (Å²) in [4.78, 5) is 1.98. The molecule has 2 N–H and O–H groups in total. The first kappa shape index (κ1) is 17.0. The lowest BCUT2D eigenvalue weighted by Gasteiger charge is -2.28. The molecule has 20 heavy (non-hydrogen) atoms. The molecule has 0 radical (unpaired) electrons. The summed E-state index contributed by atoms with van der Waals surface area (Å²) in [5, 5.41) is 19.8. The van der Waals surface area contributed by atoms with Crippen molar-refractivity contribution in [3.05, 3.63) is 35.4 Å². The molecule has 0 bridgehead atoms. The molecule has 3 nitrogen and oxygen atoms in total. The first-order chi connectivity index (χ1) is 9.21. The standard InChI is InChI=1S/C15H23F2NO2/c1-4-18(10-15(2,3)20)6-5-14(19)11-7-12(16)9-13(17)8-11/h7-9,14,19-20H,4-6,10H2,1-3H3. The zero-order valence-corrected chi connectivity index (χ0v) is 12.2. The van der Waals surface area contributed by atoms with Crippen LogP contribution in [-0.4, -0.2) is 40.3 Å². The number of halogens is 2. The summed E-state index contributed by atoms with van der Waals surface area (Å²) in [5.74, 6) is -1.38. The van der Waals surface area contributed by atoms with Crippen molar-refractivity contribution in [1.82, 2.24) is 4.90 Å². The number of rotatable bonds is 7. The Balaban J connectivity index is 2.59. The minimum absolute atomic E-state index is 0.238. The molecule has 1 atom stereocenters. The molecule has 0 aromatic heterocycles. The van der Waals surface area contributed by atoms with E-state index in [1.165, 1.54) is 0 Å². The molecule has 0 aliphatic heterocycles. The van der Waals surface area contributed by atoms with Crippen molar-refractivity contribution in [3.8, 4) is 0 Å². The molecule has 1 aromatic rings. The van der Waals surface area contributed by atoms with Crippen LogP contribution in [0.2, 0.25) is 0 Å². The summed E-state index contributed by atoms with van der Waals surface area (Å²) < 4.78 is 26.2. The Kier molecular flexibility index (Phi) is 6.05. The van der Waals surface area contributed by atoms with Gasteiger partial charge in [-0.15, -0.1) is 0 Å². The maximum atomic E-state index is 13.1. The van der Waals surface area contributed by atoms with Crippen LogP contribution in [0.5, 0.6) is 0 Å². The van der Waals surface area contributed by atoms with Gasteiger partial charge in [-0.1, -0.05) is 6.92 Å². The zero-order chi connectivity index (χ0) is 15.3. The van der Waals surface area contributed by atoms with Crippen LogP contribution in [0.25, 0.3) is 0 Å². The molecule has 0 heterocycles. The fourth-order valence-corrected chi connectivity index (χ4v) is 2.14. The van der Waals surface area contributed by atoms with Gasteiger partial charge >= 0.3 is 0 Å². The van der Waals surface area contributed by atoms with Gasteiger partial charge in [-0.3, -0.25) is 0 Å². The number of benzene rings is 1. The van der Waals surface area contributed by atoms with Gasteiger partial charge in [0.2, 0.25) is 0 Å². The van der Waals surface area contributed by atoms with Crippen molar-refractivity contribution in [3.63, 3.8) is 0 Å². The lowest BCUT2D eigenvalue weighted by molar-refractivity contribution is 0.0321. The molecular formula is C15H23F2NO2. The first-order valence-corrected chi connectivity index (χ1v) is 6.80. The van der Waals surface area contributed by atoms with E-state index in [4.69, 9.17) is 0 Å². The van der Waals surface area contributed by atoms with Gasteiger partial charge in [0.15, 0.2) is 0 Å². The number of hydrogen-bond donors (Lipinski definition) is 2. The van der Waals surface area contributed by atoms with Gasteiger partial charge in [0, 0.05) is 19.2 Å². The van der Waals surface area contributed by atoms with Crippen LogP contribution in [0.4, 0.5) is 8.78 Å². The Hall–Kier alpha value is -1.04. The van der Waals surface area contributed by atoms with Gasteiger partial charge in [0.25, 0.3) is 0 Å². The van der Waals surface area contributed by atoms with E-state index in [0.717, 1.165) is 24.7 Å². The lowest BCUT2D eigenvalue weighted by Crippen LogP contribution is -2.39. The average molecular weight is 287 g/mol. The van der Waals surface area contributed by atoms with Crippen LogP contribution in [0, 0.1) is 11.6 Å². The molecule has 0 aliphatic carbocycles.